The highest BCUT2D eigenvalue weighted by Gasteiger charge is 2.21. The molecular formula is C17H20N4O4. The van der Waals surface area contributed by atoms with Gasteiger partial charge in [0.2, 0.25) is 0 Å². The number of benzene rings is 1. The number of nitrogens with zero attached hydrogens (tertiary/aromatic N) is 3. The Hall–Kier alpha value is -3.03. The molecule has 0 saturated carbocycles. The summed E-state index contributed by atoms with van der Waals surface area (Å²) in [7, 11) is 3.36. The Bertz CT molecular complexity index is 781. The first-order chi connectivity index (χ1) is 12.1. The number of hydrogen-bond donors (Lipinski definition) is 1. The van der Waals surface area contributed by atoms with Crippen LogP contribution in [0, 0.1) is 0 Å². The summed E-state index contributed by atoms with van der Waals surface area (Å²) < 4.78 is 7.06. The topological polar surface area (TPSA) is 85.7 Å². The van der Waals surface area contributed by atoms with Gasteiger partial charge in [-0.3, -0.25) is 9.48 Å². The molecule has 25 heavy (non-hydrogen) atoms. The van der Waals surface area contributed by atoms with E-state index in [-0.39, 0.29) is 0 Å². The van der Waals surface area contributed by atoms with Crippen LogP contribution < -0.4 is 10.2 Å². The molecule has 0 aliphatic carbocycles. The van der Waals surface area contributed by atoms with Gasteiger partial charge in [-0.2, -0.15) is 10.6 Å². The van der Waals surface area contributed by atoms with Crippen molar-refractivity contribution >= 4 is 12.0 Å². The third kappa shape index (κ3) is 3.73. The van der Waals surface area contributed by atoms with Crippen LogP contribution in [0.1, 0.15) is 23.2 Å². The van der Waals surface area contributed by atoms with Crippen LogP contribution in [0.3, 0.4) is 0 Å². The molecule has 3 rings (SSSR count). The number of carbonyl (C=O) groups excluding carboxylic acids is 2. The molecule has 0 atom stereocenters. The SMILES string of the molecule is COc1cc(C(=O)NOC(=O)N2CCCC2)ccc1-c1cnn(C)c1. The van der Waals surface area contributed by atoms with Crippen LogP contribution >= 0.6 is 0 Å². The summed E-state index contributed by atoms with van der Waals surface area (Å²) in [4.78, 5) is 30.4. The number of aromatic nitrogens is 2. The van der Waals surface area contributed by atoms with E-state index < -0.39 is 12.0 Å². The lowest BCUT2D eigenvalue weighted by Crippen LogP contribution is -2.35. The normalized spacial score (nSPS) is 13.6. The van der Waals surface area contributed by atoms with Crippen molar-refractivity contribution < 1.29 is 19.2 Å². The van der Waals surface area contributed by atoms with Gasteiger partial charge in [-0.15, -0.1) is 0 Å². The number of aryl methyl sites for hydroxylation is 1. The van der Waals surface area contributed by atoms with Gasteiger partial charge in [-0.1, -0.05) is 0 Å². The molecule has 1 aliphatic heterocycles. The quantitative estimate of drug-likeness (QED) is 0.861. The molecule has 2 aromatic rings. The average Bonchev–Trinajstić information content (AvgIpc) is 3.30. The second kappa shape index (κ2) is 7.25. The highest BCUT2D eigenvalue weighted by atomic mass is 16.7. The van der Waals surface area contributed by atoms with Crippen LogP contribution in [0.5, 0.6) is 5.75 Å². The van der Waals surface area contributed by atoms with Crippen molar-refractivity contribution in [2.75, 3.05) is 20.2 Å². The lowest BCUT2D eigenvalue weighted by atomic mass is 10.1. The number of hydroxylamine groups is 1. The minimum Gasteiger partial charge on any atom is -0.496 e. The third-order valence-corrected chi connectivity index (χ3v) is 4.07. The zero-order chi connectivity index (χ0) is 17.8. The van der Waals surface area contributed by atoms with Crippen LogP contribution in [-0.4, -0.2) is 46.9 Å². The summed E-state index contributed by atoms with van der Waals surface area (Å²) in [5.41, 5.74) is 4.22. The summed E-state index contributed by atoms with van der Waals surface area (Å²) in [5, 5.41) is 4.13. The van der Waals surface area contributed by atoms with E-state index >= 15 is 0 Å². The molecule has 0 unspecified atom stereocenters. The third-order valence-electron chi connectivity index (χ3n) is 4.07. The largest absolute Gasteiger partial charge is 0.496 e. The molecule has 0 radical (unpaired) electrons. The predicted molar refractivity (Wildman–Crippen MR) is 90.0 cm³/mol. The standard InChI is InChI=1S/C17H20N4O4/c1-20-11-13(10-18-20)14-6-5-12(9-15(14)24-2)16(22)19-25-17(23)21-7-3-4-8-21/h5-6,9-11H,3-4,7-8H2,1-2H3,(H,19,22). The van der Waals surface area contributed by atoms with E-state index in [9.17, 15) is 9.59 Å². The Kier molecular flexibility index (Phi) is 4.87. The zero-order valence-electron chi connectivity index (χ0n) is 14.2. The molecule has 2 amide bonds. The fraction of sp³-hybridized carbons (Fsp3) is 0.353. The second-order valence-corrected chi connectivity index (χ2v) is 5.81. The summed E-state index contributed by atoms with van der Waals surface area (Å²) in [6.07, 6.45) is 4.95. The summed E-state index contributed by atoms with van der Waals surface area (Å²) >= 11 is 0. The van der Waals surface area contributed by atoms with Crippen molar-refractivity contribution in [2.24, 2.45) is 7.05 Å². The minimum atomic E-state index is -0.537. The molecule has 1 aromatic heterocycles. The molecule has 0 spiro atoms. The van der Waals surface area contributed by atoms with E-state index in [0.29, 0.717) is 24.4 Å². The predicted octanol–water partition coefficient (Wildman–Crippen LogP) is 1.97. The molecule has 1 fully saturated rings. The first-order valence-corrected chi connectivity index (χ1v) is 8.01. The first-order valence-electron chi connectivity index (χ1n) is 8.01. The van der Waals surface area contributed by atoms with Crippen molar-refractivity contribution in [1.82, 2.24) is 20.2 Å². The summed E-state index contributed by atoms with van der Waals surface area (Å²) in [5.74, 6) is 0.0232. The maximum Gasteiger partial charge on any atom is 0.434 e. The van der Waals surface area contributed by atoms with Gasteiger partial charge in [0.05, 0.1) is 13.3 Å². The van der Waals surface area contributed by atoms with Gasteiger partial charge < -0.3 is 14.5 Å². The monoisotopic (exact) mass is 344 g/mol. The maximum atomic E-state index is 12.2. The average molecular weight is 344 g/mol. The van der Waals surface area contributed by atoms with Crippen LogP contribution in [0.15, 0.2) is 30.6 Å². The van der Waals surface area contributed by atoms with Crippen LogP contribution in [0.2, 0.25) is 0 Å². The molecule has 1 saturated heterocycles. The lowest BCUT2D eigenvalue weighted by Gasteiger charge is -2.15. The summed E-state index contributed by atoms with van der Waals surface area (Å²) in [6.45, 7) is 1.31. The van der Waals surface area contributed by atoms with Crippen LogP contribution in [0.4, 0.5) is 4.79 Å². The molecule has 1 aliphatic rings. The molecule has 1 N–H and O–H groups in total. The number of likely N-dealkylation sites (tertiary alicyclic amines) is 1. The van der Waals surface area contributed by atoms with Crippen molar-refractivity contribution in [3.63, 3.8) is 0 Å². The van der Waals surface area contributed by atoms with Crippen molar-refractivity contribution in [3.8, 4) is 16.9 Å². The van der Waals surface area contributed by atoms with E-state index in [0.717, 1.165) is 24.0 Å². The molecule has 0 bridgehead atoms. The zero-order valence-corrected chi connectivity index (χ0v) is 14.2. The second-order valence-electron chi connectivity index (χ2n) is 5.81. The lowest BCUT2D eigenvalue weighted by molar-refractivity contribution is 0.0450. The number of hydrogen-bond acceptors (Lipinski definition) is 5. The van der Waals surface area contributed by atoms with Crippen molar-refractivity contribution in [3.05, 3.63) is 36.2 Å². The number of ether oxygens (including phenoxy) is 1. The van der Waals surface area contributed by atoms with Crippen molar-refractivity contribution in [2.45, 2.75) is 12.8 Å². The van der Waals surface area contributed by atoms with Crippen molar-refractivity contribution in [1.29, 1.82) is 0 Å². The summed E-state index contributed by atoms with van der Waals surface area (Å²) in [6, 6.07) is 5.01. The molecular weight excluding hydrogens is 324 g/mol. The van der Waals surface area contributed by atoms with Gasteiger partial charge in [-0.25, -0.2) is 4.79 Å². The van der Waals surface area contributed by atoms with E-state index in [1.165, 1.54) is 7.11 Å². The highest BCUT2D eigenvalue weighted by Crippen LogP contribution is 2.30. The molecule has 8 heteroatoms. The van der Waals surface area contributed by atoms with Gasteiger partial charge in [0, 0.05) is 43.0 Å². The van der Waals surface area contributed by atoms with Gasteiger partial charge in [0.15, 0.2) is 0 Å². The molecule has 132 valence electrons. The van der Waals surface area contributed by atoms with Crippen LogP contribution in [-0.2, 0) is 11.9 Å². The Balaban J connectivity index is 1.69. The van der Waals surface area contributed by atoms with E-state index in [1.54, 1.807) is 34.0 Å². The van der Waals surface area contributed by atoms with E-state index in [4.69, 9.17) is 9.57 Å². The van der Waals surface area contributed by atoms with Gasteiger partial charge in [0.1, 0.15) is 5.75 Å². The fourth-order valence-corrected chi connectivity index (χ4v) is 2.74. The molecule has 1 aromatic carbocycles. The van der Waals surface area contributed by atoms with Gasteiger partial charge in [-0.05, 0) is 31.0 Å². The number of methoxy groups -OCH3 is 1. The van der Waals surface area contributed by atoms with Gasteiger partial charge in [0.25, 0.3) is 5.91 Å². The van der Waals surface area contributed by atoms with E-state index in [2.05, 4.69) is 10.6 Å². The molecule has 8 nitrogen and oxygen atoms in total. The Morgan fingerprint density at radius 1 is 1.24 bits per heavy atom. The highest BCUT2D eigenvalue weighted by molar-refractivity contribution is 5.95. The Morgan fingerprint density at radius 2 is 2.00 bits per heavy atom. The van der Waals surface area contributed by atoms with E-state index in [1.807, 2.05) is 13.2 Å². The maximum absolute atomic E-state index is 12.2. The number of amides is 2. The number of carbonyl (C=O) groups is 2. The fourth-order valence-electron chi connectivity index (χ4n) is 2.74. The Morgan fingerprint density at radius 3 is 2.64 bits per heavy atom. The first kappa shape index (κ1) is 16.8. The molecule has 2 heterocycles. The number of nitrogens with one attached hydrogen (secondary N) is 1. The van der Waals surface area contributed by atoms with Gasteiger partial charge >= 0.3 is 6.09 Å². The number of rotatable bonds is 3. The van der Waals surface area contributed by atoms with Crippen LogP contribution in [0.25, 0.3) is 11.1 Å². The smallest absolute Gasteiger partial charge is 0.434 e. The minimum absolute atomic E-state index is 0.332. The Labute approximate surface area is 145 Å².